The fourth-order valence-corrected chi connectivity index (χ4v) is 2.08. The standard InChI is InChI=1S/C11H19N3OS/c1-4-12-11(15)5-6-13-8(2)10-7-16-9(3)14-10/h7-8,13H,4-6H2,1-3H3,(H,12,15). The first kappa shape index (κ1) is 13.1. The van der Waals surface area contributed by atoms with Gasteiger partial charge >= 0.3 is 0 Å². The number of aromatic nitrogens is 1. The van der Waals surface area contributed by atoms with Gasteiger partial charge in [-0.2, -0.15) is 0 Å². The highest BCUT2D eigenvalue weighted by molar-refractivity contribution is 7.09. The van der Waals surface area contributed by atoms with Crippen LogP contribution in [-0.2, 0) is 4.79 Å². The minimum absolute atomic E-state index is 0.0941. The van der Waals surface area contributed by atoms with E-state index in [9.17, 15) is 4.79 Å². The molecule has 1 rings (SSSR count). The van der Waals surface area contributed by atoms with Gasteiger partial charge in [-0.05, 0) is 20.8 Å². The third-order valence-corrected chi connectivity index (χ3v) is 3.05. The third kappa shape index (κ3) is 4.28. The number of nitrogens with zero attached hydrogens (tertiary/aromatic N) is 1. The molecule has 0 aliphatic carbocycles. The van der Waals surface area contributed by atoms with Crippen molar-refractivity contribution in [2.24, 2.45) is 0 Å². The van der Waals surface area contributed by atoms with Crippen LogP contribution in [0.2, 0.25) is 0 Å². The van der Waals surface area contributed by atoms with Crippen molar-refractivity contribution >= 4 is 17.2 Å². The zero-order valence-corrected chi connectivity index (χ0v) is 10.9. The van der Waals surface area contributed by atoms with E-state index in [0.29, 0.717) is 19.5 Å². The van der Waals surface area contributed by atoms with Gasteiger partial charge < -0.3 is 10.6 Å². The Morgan fingerprint density at radius 2 is 2.38 bits per heavy atom. The Bertz CT molecular complexity index is 338. The molecule has 1 aromatic rings. The Kier molecular flexibility index (Phi) is 5.42. The van der Waals surface area contributed by atoms with Crippen molar-refractivity contribution in [1.29, 1.82) is 0 Å². The van der Waals surface area contributed by atoms with Crippen LogP contribution in [0.4, 0.5) is 0 Å². The van der Waals surface area contributed by atoms with Gasteiger partial charge in [0.15, 0.2) is 0 Å². The van der Waals surface area contributed by atoms with Crippen LogP contribution < -0.4 is 10.6 Å². The van der Waals surface area contributed by atoms with Gasteiger partial charge in [-0.1, -0.05) is 0 Å². The van der Waals surface area contributed by atoms with Gasteiger partial charge in [0.2, 0.25) is 5.91 Å². The molecule has 4 nitrogen and oxygen atoms in total. The van der Waals surface area contributed by atoms with Gasteiger partial charge in [0.25, 0.3) is 0 Å². The van der Waals surface area contributed by atoms with E-state index in [1.807, 2.05) is 13.8 Å². The average molecular weight is 241 g/mol. The first-order chi connectivity index (χ1) is 7.63. The van der Waals surface area contributed by atoms with Crippen LogP contribution >= 0.6 is 11.3 Å². The molecule has 0 bridgehead atoms. The normalized spacial score (nSPS) is 12.4. The SMILES string of the molecule is CCNC(=O)CCNC(C)c1csc(C)n1. The van der Waals surface area contributed by atoms with Crippen molar-refractivity contribution in [3.8, 4) is 0 Å². The van der Waals surface area contributed by atoms with Gasteiger partial charge in [-0.15, -0.1) is 11.3 Å². The molecule has 5 heteroatoms. The van der Waals surface area contributed by atoms with E-state index < -0.39 is 0 Å². The second-order valence-electron chi connectivity index (χ2n) is 3.67. The topological polar surface area (TPSA) is 54.0 Å². The van der Waals surface area contributed by atoms with Crippen LogP contribution in [0.1, 0.15) is 37.0 Å². The summed E-state index contributed by atoms with van der Waals surface area (Å²) in [7, 11) is 0. The molecule has 0 saturated heterocycles. The van der Waals surface area contributed by atoms with Crippen LogP contribution in [0.25, 0.3) is 0 Å². The molecule has 90 valence electrons. The summed E-state index contributed by atoms with van der Waals surface area (Å²) in [5, 5.41) is 9.19. The van der Waals surface area contributed by atoms with Crippen molar-refractivity contribution in [3.05, 3.63) is 16.1 Å². The molecular weight excluding hydrogens is 222 g/mol. The van der Waals surface area contributed by atoms with Crippen LogP contribution in [0.3, 0.4) is 0 Å². The molecule has 1 unspecified atom stereocenters. The maximum absolute atomic E-state index is 11.2. The molecule has 0 saturated carbocycles. The zero-order valence-electron chi connectivity index (χ0n) is 10.0. The van der Waals surface area contributed by atoms with Gasteiger partial charge in [-0.25, -0.2) is 4.98 Å². The Hall–Kier alpha value is -0.940. The first-order valence-corrected chi connectivity index (χ1v) is 6.43. The highest BCUT2D eigenvalue weighted by Gasteiger charge is 2.08. The second kappa shape index (κ2) is 6.60. The molecule has 0 aliphatic heterocycles. The summed E-state index contributed by atoms with van der Waals surface area (Å²) in [5.41, 5.74) is 1.05. The lowest BCUT2D eigenvalue weighted by atomic mass is 10.2. The number of rotatable bonds is 6. The van der Waals surface area contributed by atoms with Crippen LogP contribution in [0.5, 0.6) is 0 Å². The molecule has 1 heterocycles. The van der Waals surface area contributed by atoms with Gasteiger partial charge in [0, 0.05) is 30.9 Å². The quantitative estimate of drug-likeness (QED) is 0.796. The molecule has 16 heavy (non-hydrogen) atoms. The summed E-state index contributed by atoms with van der Waals surface area (Å²) in [6.45, 7) is 7.36. The van der Waals surface area contributed by atoms with Crippen molar-refractivity contribution in [3.63, 3.8) is 0 Å². The van der Waals surface area contributed by atoms with Crippen molar-refractivity contribution < 1.29 is 4.79 Å². The van der Waals surface area contributed by atoms with E-state index in [4.69, 9.17) is 0 Å². The molecule has 0 spiro atoms. The lowest BCUT2D eigenvalue weighted by Crippen LogP contribution is -2.28. The molecular formula is C11H19N3OS. The maximum atomic E-state index is 11.2. The fourth-order valence-electron chi connectivity index (χ4n) is 1.37. The number of thiazole rings is 1. The second-order valence-corrected chi connectivity index (χ2v) is 4.73. The van der Waals surface area contributed by atoms with Crippen molar-refractivity contribution in [2.75, 3.05) is 13.1 Å². The summed E-state index contributed by atoms with van der Waals surface area (Å²) >= 11 is 1.65. The lowest BCUT2D eigenvalue weighted by molar-refractivity contribution is -0.120. The van der Waals surface area contributed by atoms with Crippen LogP contribution in [0.15, 0.2) is 5.38 Å². The average Bonchev–Trinajstić information content (AvgIpc) is 2.65. The number of amides is 1. The van der Waals surface area contributed by atoms with E-state index in [1.54, 1.807) is 11.3 Å². The van der Waals surface area contributed by atoms with E-state index >= 15 is 0 Å². The molecule has 1 atom stereocenters. The maximum Gasteiger partial charge on any atom is 0.221 e. The highest BCUT2D eigenvalue weighted by atomic mass is 32.1. The van der Waals surface area contributed by atoms with E-state index in [0.717, 1.165) is 10.7 Å². The number of hydrogen-bond acceptors (Lipinski definition) is 4. The smallest absolute Gasteiger partial charge is 0.221 e. The Morgan fingerprint density at radius 3 is 2.94 bits per heavy atom. The summed E-state index contributed by atoms with van der Waals surface area (Å²) in [6.07, 6.45) is 0.515. The van der Waals surface area contributed by atoms with Crippen LogP contribution in [-0.4, -0.2) is 24.0 Å². The highest BCUT2D eigenvalue weighted by Crippen LogP contribution is 2.15. The molecule has 0 radical (unpaired) electrons. The number of aryl methyl sites for hydroxylation is 1. The predicted octanol–water partition coefficient (Wildman–Crippen LogP) is 1.63. The van der Waals surface area contributed by atoms with Crippen molar-refractivity contribution in [1.82, 2.24) is 15.6 Å². The summed E-state index contributed by atoms with van der Waals surface area (Å²) in [5.74, 6) is 0.0941. The zero-order chi connectivity index (χ0) is 12.0. The predicted molar refractivity (Wildman–Crippen MR) is 66.6 cm³/mol. The third-order valence-electron chi connectivity index (χ3n) is 2.26. The molecule has 2 N–H and O–H groups in total. The Morgan fingerprint density at radius 1 is 1.62 bits per heavy atom. The van der Waals surface area contributed by atoms with Gasteiger partial charge in [-0.3, -0.25) is 4.79 Å². The lowest BCUT2D eigenvalue weighted by Gasteiger charge is -2.10. The number of hydrogen-bond donors (Lipinski definition) is 2. The van der Waals surface area contributed by atoms with Gasteiger partial charge in [0.05, 0.1) is 10.7 Å². The fraction of sp³-hybridized carbons (Fsp3) is 0.636. The number of nitrogens with one attached hydrogen (secondary N) is 2. The largest absolute Gasteiger partial charge is 0.356 e. The van der Waals surface area contributed by atoms with Crippen LogP contribution in [0, 0.1) is 6.92 Å². The van der Waals surface area contributed by atoms with Crippen molar-refractivity contribution in [2.45, 2.75) is 33.2 Å². The molecule has 0 fully saturated rings. The molecule has 0 aromatic carbocycles. The van der Waals surface area contributed by atoms with Gasteiger partial charge in [0.1, 0.15) is 0 Å². The Labute approximate surface area is 100 Å². The summed E-state index contributed by atoms with van der Waals surface area (Å²) in [4.78, 5) is 15.6. The first-order valence-electron chi connectivity index (χ1n) is 5.55. The number of carbonyl (C=O) groups is 1. The summed E-state index contributed by atoms with van der Waals surface area (Å²) in [6, 6.07) is 0.208. The Balaban J connectivity index is 2.25. The summed E-state index contributed by atoms with van der Waals surface area (Å²) < 4.78 is 0. The minimum Gasteiger partial charge on any atom is -0.356 e. The monoisotopic (exact) mass is 241 g/mol. The van der Waals surface area contributed by atoms with E-state index in [-0.39, 0.29) is 11.9 Å². The molecule has 1 amide bonds. The molecule has 0 aliphatic rings. The molecule has 1 aromatic heterocycles. The van der Waals surface area contributed by atoms with E-state index in [2.05, 4.69) is 27.9 Å². The number of carbonyl (C=O) groups excluding carboxylic acids is 1. The minimum atomic E-state index is 0.0941. The van der Waals surface area contributed by atoms with E-state index in [1.165, 1.54) is 0 Å².